The first-order chi connectivity index (χ1) is 5.57. The van der Waals surface area contributed by atoms with E-state index in [1.807, 2.05) is 0 Å². The summed E-state index contributed by atoms with van der Waals surface area (Å²) < 4.78 is 4.58. The standard InChI is InChI=1S/C7H13NO4/c1-2-12-7(11)5(8)3-4-6(9)10/h5H,2-4,8H2,1H3,(H,9,10)/t5-/m0/s1. The Morgan fingerprint density at radius 1 is 1.58 bits per heavy atom. The van der Waals surface area contributed by atoms with Crippen LogP contribution in [0.2, 0.25) is 0 Å². The number of hydrogen-bond donors (Lipinski definition) is 2. The minimum atomic E-state index is -0.963. The second kappa shape index (κ2) is 5.54. The number of esters is 1. The fourth-order valence-corrected chi connectivity index (χ4v) is 0.646. The Morgan fingerprint density at radius 2 is 2.17 bits per heavy atom. The summed E-state index contributed by atoms with van der Waals surface area (Å²) in [7, 11) is 0. The molecule has 0 aliphatic heterocycles. The Morgan fingerprint density at radius 3 is 2.58 bits per heavy atom. The lowest BCUT2D eigenvalue weighted by molar-refractivity contribution is -0.145. The van der Waals surface area contributed by atoms with Gasteiger partial charge in [0.2, 0.25) is 0 Å². The van der Waals surface area contributed by atoms with Gasteiger partial charge in [-0.3, -0.25) is 9.59 Å². The Labute approximate surface area is 70.5 Å². The predicted molar refractivity (Wildman–Crippen MR) is 41.5 cm³/mol. The quantitative estimate of drug-likeness (QED) is 0.562. The molecule has 0 rings (SSSR count). The molecule has 0 spiro atoms. The Balaban J connectivity index is 3.63. The molecule has 0 aliphatic rings. The summed E-state index contributed by atoms with van der Waals surface area (Å²) in [6.45, 7) is 1.93. The fraction of sp³-hybridized carbons (Fsp3) is 0.714. The van der Waals surface area contributed by atoms with Gasteiger partial charge in [0, 0.05) is 6.42 Å². The summed E-state index contributed by atoms with van der Waals surface area (Å²) >= 11 is 0. The average Bonchev–Trinajstić information content (AvgIpc) is 2.00. The molecule has 0 unspecified atom stereocenters. The molecule has 0 saturated heterocycles. The number of rotatable bonds is 5. The van der Waals surface area contributed by atoms with Crippen molar-refractivity contribution in [3.8, 4) is 0 Å². The van der Waals surface area contributed by atoms with Crippen molar-refractivity contribution in [3.05, 3.63) is 0 Å². The first kappa shape index (κ1) is 10.9. The van der Waals surface area contributed by atoms with Gasteiger partial charge in [0.1, 0.15) is 6.04 Å². The van der Waals surface area contributed by atoms with Gasteiger partial charge in [0.05, 0.1) is 6.61 Å². The largest absolute Gasteiger partial charge is 0.481 e. The SMILES string of the molecule is CCOC(=O)[C@@H](N)CCC(=O)O. The summed E-state index contributed by atoms with van der Waals surface area (Å²) in [5, 5.41) is 8.27. The highest BCUT2D eigenvalue weighted by molar-refractivity contribution is 5.76. The number of aliphatic carboxylic acids is 1. The van der Waals surface area contributed by atoms with E-state index in [0.717, 1.165) is 0 Å². The fourth-order valence-electron chi connectivity index (χ4n) is 0.646. The van der Waals surface area contributed by atoms with Gasteiger partial charge in [0.15, 0.2) is 0 Å². The van der Waals surface area contributed by atoms with Crippen molar-refractivity contribution in [1.82, 2.24) is 0 Å². The van der Waals surface area contributed by atoms with Crippen molar-refractivity contribution in [1.29, 1.82) is 0 Å². The lowest BCUT2D eigenvalue weighted by Gasteiger charge is -2.07. The summed E-state index contributed by atoms with van der Waals surface area (Å²) in [6, 6.07) is -0.818. The predicted octanol–water partition coefficient (Wildman–Crippen LogP) is -0.258. The third-order valence-corrected chi connectivity index (χ3v) is 1.26. The maximum atomic E-state index is 10.8. The van der Waals surface area contributed by atoms with E-state index in [-0.39, 0.29) is 19.4 Å². The summed E-state index contributed by atoms with van der Waals surface area (Å²) in [6.07, 6.45) is 0.00808. The molecule has 70 valence electrons. The Hall–Kier alpha value is -1.10. The van der Waals surface area contributed by atoms with Crippen molar-refractivity contribution < 1.29 is 19.4 Å². The van der Waals surface area contributed by atoms with Crippen LogP contribution in [0.1, 0.15) is 19.8 Å². The molecule has 12 heavy (non-hydrogen) atoms. The number of carbonyl (C=O) groups excluding carboxylic acids is 1. The molecule has 0 aromatic carbocycles. The molecule has 3 N–H and O–H groups in total. The number of ether oxygens (including phenoxy) is 1. The van der Waals surface area contributed by atoms with Crippen LogP contribution in [-0.2, 0) is 14.3 Å². The van der Waals surface area contributed by atoms with Crippen LogP contribution in [0.15, 0.2) is 0 Å². The van der Waals surface area contributed by atoms with Gasteiger partial charge in [-0.05, 0) is 13.3 Å². The Kier molecular flexibility index (Phi) is 5.03. The highest BCUT2D eigenvalue weighted by Crippen LogP contribution is 1.96. The molecule has 0 fully saturated rings. The molecule has 0 radical (unpaired) electrons. The van der Waals surface area contributed by atoms with Gasteiger partial charge >= 0.3 is 11.9 Å². The summed E-state index contributed by atoms with van der Waals surface area (Å²) in [5.41, 5.74) is 5.31. The number of hydrogen-bond acceptors (Lipinski definition) is 4. The van der Waals surface area contributed by atoms with Crippen LogP contribution in [0.3, 0.4) is 0 Å². The molecule has 1 atom stereocenters. The van der Waals surface area contributed by atoms with Crippen LogP contribution in [0.5, 0.6) is 0 Å². The molecule has 0 heterocycles. The van der Waals surface area contributed by atoms with Crippen LogP contribution in [0.25, 0.3) is 0 Å². The third-order valence-electron chi connectivity index (χ3n) is 1.26. The molecule has 0 saturated carbocycles. The molecule has 0 amide bonds. The summed E-state index contributed by atoms with van der Waals surface area (Å²) in [4.78, 5) is 20.9. The maximum Gasteiger partial charge on any atom is 0.322 e. The smallest absolute Gasteiger partial charge is 0.322 e. The topological polar surface area (TPSA) is 89.6 Å². The minimum Gasteiger partial charge on any atom is -0.481 e. The van der Waals surface area contributed by atoms with E-state index in [1.165, 1.54) is 0 Å². The lowest BCUT2D eigenvalue weighted by Crippen LogP contribution is -2.32. The van der Waals surface area contributed by atoms with Crippen molar-refractivity contribution in [2.45, 2.75) is 25.8 Å². The number of carboxylic acids is 1. The highest BCUT2D eigenvalue weighted by Gasteiger charge is 2.15. The zero-order valence-corrected chi connectivity index (χ0v) is 6.95. The van der Waals surface area contributed by atoms with E-state index in [9.17, 15) is 9.59 Å². The van der Waals surface area contributed by atoms with E-state index in [1.54, 1.807) is 6.92 Å². The Bertz CT molecular complexity index is 169. The van der Waals surface area contributed by atoms with Gasteiger partial charge in [-0.2, -0.15) is 0 Å². The van der Waals surface area contributed by atoms with Crippen LogP contribution in [-0.4, -0.2) is 29.7 Å². The summed E-state index contributed by atoms with van der Waals surface area (Å²) in [5.74, 6) is -1.51. The number of carboxylic acid groups (broad SMARTS) is 1. The van der Waals surface area contributed by atoms with Crippen LogP contribution in [0, 0.1) is 0 Å². The van der Waals surface area contributed by atoms with E-state index < -0.39 is 18.0 Å². The van der Waals surface area contributed by atoms with Crippen molar-refractivity contribution >= 4 is 11.9 Å². The van der Waals surface area contributed by atoms with Gasteiger partial charge in [-0.25, -0.2) is 0 Å². The van der Waals surface area contributed by atoms with Crippen molar-refractivity contribution in [2.75, 3.05) is 6.61 Å². The number of carbonyl (C=O) groups is 2. The van der Waals surface area contributed by atoms with Gasteiger partial charge in [0.25, 0.3) is 0 Å². The zero-order valence-electron chi connectivity index (χ0n) is 6.95. The van der Waals surface area contributed by atoms with E-state index in [0.29, 0.717) is 0 Å². The van der Waals surface area contributed by atoms with Crippen LogP contribution in [0.4, 0.5) is 0 Å². The average molecular weight is 175 g/mol. The third kappa shape index (κ3) is 4.68. The molecule has 0 bridgehead atoms. The van der Waals surface area contributed by atoms with Gasteiger partial charge in [-0.1, -0.05) is 0 Å². The minimum absolute atomic E-state index is 0.111. The molecule has 5 heteroatoms. The maximum absolute atomic E-state index is 10.8. The molecular weight excluding hydrogens is 162 g/mol. The monoisotopic (exact) mass is 175 g/mol. The first-order valence-electron chi connectivity index (χ1n) is 3.72. The van der Waals surface area contributed by atoms with Crippen LogP contribution >= 0.6 is 0 Å². The normalized spacial score (nSPS) is 12.2. The zero-order chi connectivity index (χ0) is 9.56. The van der Waals surface area contributed by atoms with E-state index in [4.69, 9.17) is 10.8 Å². The molecule has 0 aliphatic carbocycles. The molecule has 0 aromatic rings. The van der Waals surface area contributed by atoms with Crippen LogP contribution < -0.4 is 5.73 Å². The molecule has 5 nitrogen and oxygen atoms in total. The van der Waals surface area contributed by atoms with Crippen molar-refractivity contribution in [2.24, 2.45) is 5.73 Å². The first-order valence-corrected chi connectivity index (χ1v) is 3.72. The van der Waals surface area contributed by atoms with Gasteiger partial charge < -0.3 is 15.6 Å². The second-order valence-corrected chi connectivity index (χ2v) is 2.29. The highest BCUT2D eigenvalue weighted by atomic mass is 16.5. The van der Waals surface area contributed by atoms with E-state index >= 15 is 0 Å². The molecule has 0 aromatic heterocycles. The van der Waals surface area contributed by atoms with Crippen molar-refractivity contribution in [3.63, 3.8) is 0 Å². The molecular formula is C7H13NO4. The van der Waals surface area contributed by atoms with E-state index in [2.05, 4.69) is 4.74 Å². The second-order valence-electron chi connectivity index (χ2n) is 2.29. The lowest BCUT2D eigenvalue weighted by atomic mass is 10.2. The van der Waals surface area contributed by atoms with Gasteiger partial charge in [-0.15, -0.1) is 0 Å². The number of nitrogens with two attached hydrogens (primary N) is 1.